The van der Waals surface area contributed by atoms with E-state index in [-0.39, 0.29) is 18.2 Å². The Bertz CT molecular complexity index is 1640. The van der Waals surface area contributed by atoms with Gasteiger partial charge in [0.25, 0.3) is 0 Å². The van der Waals surface area contributed by atoms with Crippen molar-refractivity contribution in [1.82, 2.24) is 29.3 Å². The Morgan fingerprint density at radius 2 is 1.91 bits per heavy atom. The average Bonchev–Trinajstić information content (AvgIpc) is 3.63. The van der Waals surface area contributed by atoms with Gasteiger partial charge in [-0.1, -0.05) is 32.5 Å². The number of carboxylic acid groups (broad SMARTS) is 1. The van der Waals surface area contributed by atoms with Crippen molar-refractivity contribution in [3.63, 3.8) is 0 Å². The fraction of sp³-hybridized carbons (Fsp3) is 0.567. The van der Waals surface area contributed by atoms with Gasteiger partial charge in [-0.05, 0) is 77.9 Å². The summed E-state index contributed by atoms with van der Waals surface area (Å²) in [5.41, 5.74) is -0.164. The number of aromatic nitrogens is 4. The average molecular weight is 689 g/mol. The van der Waals surface area contributed by atoms with Gasteiger partial charge in [-0.3, -0.25) is 15.1 Å². The molecule has 0 aliphatic carbocycles. The molecule has 2 saturated heterocycles. The molecule has 3 aliphatic heterocycles. The smallest absolute Gasteiger partial charge is 0.408 e. The number of hydrogen-bond donors (Lipinski definition) is 3. The summed E-state index contributed by atoms with van der Waals surface area (Å²) < 4.78 is 13.8. The second-order valence-corrected chi connectivity index (χ2v) is 14.7. The second kappa shape index (κ2) is 11.9. The van der Waals surface area contributed by atoms with Gasteiger partial charge < -0.3 is 29.0 Å². The fourth-order valence-corrected chi connectivity index (χ4v) is 8.20. The van der Waals surface area contributed by atoms with Gasteiger partial charge in [0.15, 0.2) is 27.8 Å². The van der Waals surface area contributed by atoms with Crippen molar-refractivity contribution in [3.8, 4) is 11.5 Å². The highest BCUT2D eigenvalue weighted by Gasteiger charge is 2.57. The fourth-order valence-electron chi connectivity index (χ4n) is 6.82. The second-order valence-electron chi connectivity index (χ2n) is 12.8. The summed E-state index contributed by atoms with van der Waals surface area (Å²) in [7, 11) is 0. The molecule has 3 N–H and O–H groups in total. The van der Waals surface area contributed by atoms with Gasteiger partial charge in [-0.2, -0.15) is 0 Å². The molecule has 0 radical (unpaired) electrons. The normalized spacial score (nSPS) is 20.8. The Labute approximate surface area is 268 Å². The predicted molar refractivity (Wildman–Crippen MR) is 167 cm³/mol. The number of carbonyl (C=O) groups is 2. The molecule has 12 nitrogen and oxygen atoms in total. The first kappa shape index (κ1) is 30.8. The minimum absolute atomic E-state index is 0.0486. The van der Waals surface area contributed by atoms with Crippen molar-refractivity contribution >= 4 is 50.9 Å². The molecule has 2 fully saturated rings. The molecule has 1 atom stereocenters. The number of nitrogens with zero attached hydrogens (tertiary/aromatic N) is 5. The largest absolute Gasteiger partial charge is 0.465 e. The third-order valence-corrected chi connectivity index (χ3v) is 11.1. The number of rotatable bonds is 6. The lowest BCUT2D eigenvalue weighted by atomic mass is 9.66. The van der Waals surface area contributed by atoms with E-state index in [0.717, 1.165) is 41.5 Å². The number of halogens is 1. The van der Waals surface area contributed by atoms with Crippen molar-refractivity contribution in [2.24, 2.45) is 11.3 Å². The molecule has 236 valence electrons. The van der Waals surface area contributed by atoms with Crippen LogP contribution in [0.15, 0.2) is 33.0 Å². The number of ether oxygens (including phenoxy) is 2. The quantitative estimate of drug-likeness (QED) is 0.309. The van der Waals surface area contributed by atoms with E-state index in [1.807, 2.05) is 42.4 Å². The molecule has 0 unspecified atom stereocenters. The van der Waals surface area contributed by atoms with Gasteiger partial charge in [0.1, 0.15) is 11.1 Å². The SMILES string of the molecule is CC(C)(C)[C@]1(C(=O)N2CCC(CCn3cnc(=N)c4[nH]c(Sc5cc6c(cc5Br)OCO6)nc43)CC2)CCCCN1C(=O)O. The molecule has 1 aromatic carbocycles. The van der Waals surface area contributed by atoms with Gasteiger partial charge in [0.05, 0.1) is 6.33 Å². The van der Waals surface area contributed by atoms with Crippen LogP contribution in [0.1, 0.15) is 59.3 Å². The van der Waals surface area contributed by atoms with Gasteiger partial charge >= 0.3 is 6.09 Å². The first-order valence-electron chi connectivity index (χ1n) is 15.0. The summed E-state index contributed by atoms with van der Waals surface area (Å²) in [5.74, 6) is 1.74. The molecule has 0 bridgehead atoms. The van der Waals surface area contributed by atoms with E-state index in [0.29, 0.717) is 66.3 Å². The van der Waals surface area contributed by atoms with Crippen LogP contribution in [0.25, 0.3) is 11.2 Å². The minimum atomic E-state index is -1.04. The minimum Gasteiger partial charge on any atom is -0.465 e. The lowest BCUT2D eigenvalue weighted by Crippen LogP contribution is -2.69. The molecule has 0 saturated carbocycles. The number of amides is 2. The van der Waals surface area contributed by atoms with Crippen molar-refractivity contribution < 1.29 is 24.2 Å². The Kier molecular flexibility index (Phi) is 8.33. The molecule has 44 heavy (non-hydrogen) atoms. The Morgan fingerprint density at radius 3 is 2.61 bits per heavy atom. The number of hydrogen-bond acceptors (Lipinski definition) is 8. The van der Waals surface area contributed by atoms with Gasteiger partial charge in [0.2, 0.25) is 12.7 Å². The van der Waals surface area contributed by atoms with E-state index in [1.54, 1.807) is 6.33 Å². The first-order chi connectivity index (χ1) is 21.0. The Balaban J connectivity index is 1.12. The number of nitrogens with one attached hydrogen (secondary N) is 2. The molecule has 3 aromatic rings. The molecule has 2 aromatic heterocycles. The van der Waals surface area contributed by atoms with Gasteiger partial charge in [-0.25, -0.2) is 14.8 Å². The zero-order valence-corrected chi connectivity index (χ0v) is 27.6. The van der Waals surface area contributed by atoms with E-state index in [2.05, 4.69) is 25.9 Å². The maximum Gasteiger partial charge on any atom is 0.408 e. The number of imidazole rings is 1. The number of benzene rings is 1. The Morgan fingerprint density at radius 1 is 1.18 bits per heavy atom. The number of carbonyl (C=O) groups excluding carboxylic acids is 1. The summed E-state index contributed by atoms with van der Waals surface area (Å²) in [6.45, 7) is 8.47. The molecule has 3 aliphatic rings. The summed E-state index contributed by atoms with van der Waals surface area (Å²) in [6.07, 6.45) is 5.44. The number of piperidine rings is 2. The monoisotopic (exact) mass is 687 g/mol. The van der Waals surface area contributed by atoms with Crippen LogP contribution < -0.4 is 15.0 Å². The predicted octanol–water partition coefficient (Wildman–Crippen LogP) is 5.46. The maximum absolute atomic E-state index is 14.1. The number of likely N-dealkylation sites (tertiary alicyclic amines) is 2. The van der Waals surface area contributed by atoms with Crippen LogP contribution in [-0.4, -0.2) is 78.4 Å². The van der Waals surface area contributed by atoms with Crippen molar-refractivity contribution in [1.29, 1.82) is 5.41 Å². The van der Waals surface area contributed by atoms with Crippen molar-refractivity contribution in [2.45, 2.75) is 81.4 Å². The zero-order valence-electron chi connectivity index (χ0n) is 25.2. The van der Waals surface area contributed by atoms with E-state index < -0.39 is 17.0 Å². The van der Waals surface area contributed by atoms with Gasteiger partial charge in [0, 0.05) is 35.5 Å². The zero-order chi connectivity index (χ0) is 31.2. The van der Waals surface area contributed by atoms with E-state index >= 15 is 0 Å². The maximum atomic E-state index is 14.1. The molecular weight excluding hydrogens is 650 g/mol. The van der Waals surface area contributed by atoms with Crippen LogP contribution in [-0.2, 0) is 11.3 Å². The van der Waals surface area contributed by atoms with E-state index in [9.17, 15) is 14.7 Å². The summed E-state index contributed by atoms with van der Waals surface area (Å²) in [5, 5.41) is 19.0. The standard InChI is InChI=1S/C30H38BrN7O5S/c1-29(2,3)30(9-4-5-10-38(30)28(40)41)26(39)36-11-6-18(7-12-36)8-13-37-16-33-24(32)23-25(37)35-27(34-23)44-22-15-21-20(14-19(22)31)42-17-43-21/h14-16,18,32H,4-13,17H2,1-3H3,(H,34,35)(H,40,41)/t30-/m1/s1. The number of fused-ring (bicyclic) bond motifs is 2. The van der Waals surface area contributed by atoms with Crippen LogP contribution in [0, 0.1) is 16.7 Å². The van der Waals surface area contributed by atoms with E-state index in [4.69, 9.17) is 19.9 Å². The lowest BCUT2D eigenvalue weighted by Gasteiger charge is -2.54. The van der Waals surface area contributed by atoms with Crippen molar-refractivity contribution in [3.05, 3.63) is 28.4 Å². The van der Waals surface area contributed by atoms with Crippen LogP contribution in [0.5, 0.6) is 11.5 Å². The molecule has 14 heteroatoms. The highest BCUT2D eigenvalue weighted by molar-refractivity contribution is 9.10. The Hall–Kier alpha value is -3.26. The highest BCUT2D eigenvalue weighted by Crippen LogP contribution is 2.45. The summed E-state index contributed by atoms with van der Waals surface area (Å²) in [6, 6.07) is 3.79. The topological polar surface area (TPSA) is 150 Å². The molecule has 2 amide bonds. The lowest BCUT2D eigenvalue weighted by molar-refractivity contribution is -0.156. The third kappa shape index (κ3) is 5.55. The molecule has 5 heterocycles. The van der Waals surface area contributed by atoms with Crippen molar-refractivity contribution in [2.75, 3.05) is 26.4 Å². The summed E-state index contributed by atoms with van der Waals surface area (Å²) >= 11 is 5.04. The van der Waals surface area contributed by atoms with E-state index in [1.165, 1.54) is 16.7 Å². The van der Waals surface area contributed by atoms with Gasteiger partial charge in [-0.15, -0.1) is 0 Å². The summed E-state index contributed by atoms with van der Waals surface area (Å²) in [4.78, 5) is 42.9. The molecule has 6 rings (SSSR count). The van der Waals surface area contributed by atoms with Crippen LogP contribution >= 0.6 is 27.7 Å². The molecular formula is C30H38BrN7O5S. The third-order valence-electron chi connectivity index (χ3n) is 9.27. The highest BCUT2D eigenvalue weighted by atomic mass is 79.9. The van der Waals surface area contributed by atoms with Crippen LogP contribution in [0.4, 0.5) is 4.79 Å². The first-order valence-corrected chi connectivity index (χ1v) is 16.7. The number of aromatic amines is 1. The van der Waals surface area contributed by atoms with Crippen LogP contribution in [0.2, 0.25) is 0 Å². The number of aryl methyl sites for hydroxylation is 1. The molecule has 0 spiro atoms. The number of H-pyrrole nitrogens is 1. The van der Waals surface area contributed by atoms with Crippen LogP contribution in [0.3, 0.4) is 0 Å².